The summed E-state index contributed by atoms with van der Waals surface area (Å²) in [6.45, 7) is 16.9. The van der Waals surface area contributed by atoms with Crippen molar-refractivity contribution in [1.82, 2.24) is 14.8 Å². The molecule has 1 saturated heterocycles. The third-order valence-electron chi connectivity index (χ3n) is 5.36. The maximum absolute atomic E-state index is 13.5. The molecule has 216 valence electrons. The van der Waals surface area contributed by atoms with Gasteiger partial charge in [-0.1, -0.05) is 56.3 Å². The van der Waals surface area contributed by atoms with Crippen LogP contribution in [0.4, 0.5) is 13.2 Å². The van der Waals surface area contributed by atoms with Crippen LogP contribution in [0.25, 0.3) is 11.5 Å². The van der Waals surface area contributed by atoms with Crippen LogP contribution in [0.15, 0.2) is 41.0 Å². The Bertz CT molecular complexity index is 1020. The van der Waals surface area contributed by atoms with Crippen molar-refractivity contribution in [2.75, 3.05) is 45.7 Å². The van der Waals surface area contributed by atoms with Crippen molar-refractivity contribution in [3.8, 4) is 0 Å². The van der Waals surface area contributed by atoms with Crippen molar-refractivity contribution in [2.45, 2.75) is 54.0 Å². The first-order valence-electron chi connectivity index (χ1n) is 12.5. The van der Waals surface area contributed by atoms with Crippen LogP contribution in [-0.4, -0.2) is 84.9 Å². The number of alkyl halides is 3. The van der Waals surface area contributed by atoms with Gasteiger partial charge in [-0.15, -0.1) is 16.7 Å². The fourth-order valence-electron chi connectivity index (χ4n) is 3.56. The minimum absolute atomic E-state index is 0.0114. The zero-order valence-corrected chi connectivity index (χ0v) is 24.9. The van der Waals surface area contributed by atoms with Crippen molar-refractivity contribution < 1.29 is 22.7 Å². The van der Waals surface area contributed by atoms with Gasteiger partial charge in [-0.2, -0.15) is 4.39 Å². The van der Waals surface area contributed by atoms with E-state index in [2.05, 4.69) is 16.6 Å². The Morgan fingerprint density at radius 2 is 1.58 bits per heavy atom. The van der Waals surface area contributed by atoms with Gasteiger partial charge in [-0.05, 0) is 27.7 Å². The molecular formula is C27H41Cl2F3N4O2. The van der Waals surface area contributed by atoms with E-state index in [1.807, 2.05) is 58.9 Å². The van der Waals surface area contributed by atoms with E-state index in [1.165, 1.54) is 5.01 Å². The lowest BCUT2D eigenvalue weighted by Gasteiger charge is -2.37. The first kappa shape index (κ1) is 35.6. The maximum Gasteiger partial charge on any atom is 0.243 e. The van der Waals surface area contributed by atoms with Crippen LogP contribution in [0.1, 0.15) is 41.5 Å². The highest BCUT2D eigenvalue weighted by molar-refractivity contribution is 6.34. The number of hydrazone groups is 1. The van der Waals surface area contributed by atoms with Crippen LogP contribution >= 0.6 is 23.2 Å². The number of benzene rings is 1. The smallest absolute Gasteiger partial charge is 0.243 e. The van der Waals surface area contributed by atoms with Gasteiger partial charge in [0.15, 0.2) is 0 Å². The van der Waals surface area contributed by atoms with E-state index in [0.29, 0.717) is 37.0 Å². The van der Waals surface area contributed by atoms with Crippen molar-refractivity contribution in [2.24, 2.45) is 5.10 Å². The van der Waals surface area contributed by atoms with Crippen molar-refractivity contribution in [1.29, 1.82) is 0 Å². The molecule has 1 heterocycles. The second-order valence-electron chi connectivity index (χ2n) is 8.26. The number of piperazine rings is 1. The molecule has 0 aromatic heterocycles. The fraction of sp³-hybridized carbons (Fsp3) is 0.556. The van der Waals surface area contributed by atoms with Crippen LogP contribution in [0, 0.1) is 0 Å². The van der Waals surface area contributed by atoms with Gasteiger partial charge in [0, 0.05) is 48.4 Å². The Morgan fingerprint density at radius 1 is 1.11 bits per heavy atom. The number of carbonyl (C=O) groups is 1. The highest BCUT2D eigenvalue weighted by Gasteiger charge is 2.24. The number of rotatable bonds is 8. The maximum atomic E-state index is 13.5. The number of carbonyl (C=O) groups excluding carboxylic acids is 1. The monoisotopic (exact) mass is 580 g/mol. The van der Waals surface area contributed by atoms with E-state index in [-0.39, 0.29) is 24.4 Å². The number of ether oxygens (including phenoxy) is 1. The second kappa shape index (κ2) is 18.8. The molecule has 1 amide bonds. The average molecular weight is 582 g/mol. The predicted molar refractivity (Wildman–Crippen MR) is 152 cm³/mol. The topological polar surface area (TPSA) is 48.4 Å². The van der Waals surface area contributed by atoms with E-state index >= 15 is 0 Å². The molecule has 0 N–H and O–H groups in total. The Kier molecular flexibility index (Phi) is 17.6. The molecule has 0 unspecified atom stereocenters. The van der Waals surface area contributed by atoms with Crippen LogP contribution in [-0.2, 0) is 9.53 Å². The summed E-state index contributed by atoms with van der Waals surface area (Å²) in [6, 6.07) is 7.74. The van der Waals surface area contributed by atoms with Gasteiger partial charge >= 0.3 is 0 Å². The van der Waals surface area contributed by atoms with Gasteiger partial charge in [0.2, 0.25) is 18.3 Å². The molecule has 0 saturated carbocycles. The minimum atomic E-state index is -2.17. The lowest BCUT2D eigenvalue weighted by Crippen LogP contribution is -2.51. The van der Waals surface area contributed by atoms with E-state index in [9.17, 15) is 18.0 Å². The van der Waals surface area contributed by atoms with Gasteiger partial charge in [0.25, 0.3) is 0 Å². The summed E-state index contributed by atoms with van der Waals surface area (Å²) >= 11 is 11.6. The lowest BCUT2D eigenvalue weighted by atomic mass is 10.1. The van der Waals surface area contributed by atoms with Gasteiger partial charge < -0.3 is 14.5 Å². The number of halogens is 5. The minimum Gasteiger partial charge on any atom is -0.495 e. The third-order valence-corrected chi connectivity index (χ3v) is 5.75. The van der Waals surface area contributed by atoms with Crippen LogP contribution in [0.2, 0.25) is 0 Å². The molecule has 38 heavy (non-hydrogen) atoms. The zero-order valence-electron chi connectivity index (χ0n) is 23.4. The molecule has 11 heteroatoms. The Morgan fingerprint density at radius 3 is 2.00 bits per heavy atom. The highest BCUT2D eigenvalue weighted by atomic mass is 35.5. The van der Waals surface area contributed by atoms with Crippen LogP contribution in [0.3, 0.4) is 0 Å². The van der Waals surface area contributed by atoms with Crippen LogP contribution in [0.5, 0.6) is 0 Å². The summed E-state index contributed by atoms with van der Waals surface area (Å²) in [5.74, 6) is -0.565. The van der Waals surface area contributed by atoms with Gasteiger partial charge in [-0.25, -0.2) is 8.78 Å². The lowest BCUT2D eigenvalue weighted by molar-refractivity contribution is -0.134. The Balaban J connectivity index is 0.00000208. The van der Waals surface area contributed by atoms with E-state index < -0.39 is 12.4 Å². The molecule has 1 aromatic rings. The number of amides is 1. The molecule has 0 atom stereocenters. The Hall–Kier alpha value is -2.39. The third kappa shape index (κ3) is 12.0. The SMILES string of the molecule is C=C(Cl)/C(OC)=c1/cccc/c1=C(/C)N1CCN(C(=O)CN(/N=C(/F)CCl)C(C)C)CC1.CC.CC(F)F. The summed E-state index contributed by atoms with van der Waals surface area (Å²) in [6.07, 6.45) is -2.17. The molecule has 0 radical (unpaired) electrons. The van der Waals surface area contributed by atoms with Crippen molar-refractivity contribution in [3.63, 3.8) is 0 Å². The number of nitrogens with zero attached hydrogens (tertiary/aromatic N) is 4. The quantitative estimate of drug-likeness (QED) is 0.247. The summed E-state index contributed by atoms with van der Waals surface area (Å²) in [5, 5.41) is 7.46. The van der Waals surface area contributed by atoms with Gasteiger partial charge in [-0.3, -0.25) is 9.80 Å². The molecule has 0 spiro atoms. The summed E-state index contributed by atoms with van der Waals surface area (Å²) in [7, 11) is 1.57. The summed E-state index contributed by atoms with van der Waals surface area (Å²) in [4.78, 5) is 16.8. The number of hydrogen-bond donors (Lipinski definition) is 0. The standard InChI is InChI=1S/C23H31Cl2FN4O2.C2H4F2.C2H6/c1-16(2)30(27-21(26)14-24)15-22(31)29-12-10-28(11-13-29)18(4)19-8-6-7-9-20(19)23(32-5)17(3)25;1-2(3)4;1-2/h6-9,16H,3,10-15H2,1-2,4-5H3;2H,1H3;1-2H3/b19-18+,23-20+,27-21+;;. The molecule has 1 aliphatic rings. The molecule has 0 aliphatic carbocycles. The van der Waals surface area contributed by atoms with E-state index in [1.54, 1.807) is 12.0 Å². The van der Waals surface area contributed by atoms with Gasteiger partial charge in [0.05, 0.1) is 18.0 Å². The average Bonchev–Trinajstić information content (AvgIpc) is 2.89. The first-order valence-corrected chi connectivity index (χ1v) is 13.4. The summed E-state index contributed by atoms with van der Waals surface area (Å²) < 4.78 is 39.7. The van der Waals surface area contributed by atoms with Crippen molar-refractivity contribution >= 4 is 46.5 Å². The molecule has 2 rings (SSSR count). The number of methoxy groups -OCH3 is 1. The molecule has 6 nitrogen and oxygen atoms in total. The molecule has 1 aromatic carbocycles. The molecular weight excluding hydrogens is 540 g/mol. The second-order valence-corrected chi connectivity index (χ2v) is 8.98. The summed E-state index contributed by atoms with van der Waals surface area (Å²) in [5.41, 5.74) is 1.07. The van der Waals surface area contributed by atoms with Crippen molar-refractivity contribution in [3.05, 3.63) is 46.3 Å². The van der Waals surface area contributed by atoms with E-state index in [4.69, 9.17) is 27.9 Å². The molecule has 1 fully saturated rings. The number of hydrogen-bond acceptors (Lipinski definition) is 5. The van der Waals surface area contributed by atoms with Crippen LogP contribution < -0.4 is 10.4 Å². The van der Waals surface area contributed by atoms with E-state index in [0.717, 1.165) is 23.1 Å². The first-order chi connectivity index (χ1) is 17.9. The molecule has 0 bridgehead atoms. The normalized spacial score (nSPS) is 15.2. The predicted octanol–water partition coefficient (Wildman–Crippen LogP) is 5.00. The van der Waals surface area contributed by atoms with Gasteiger partial charge in [0.1, 0.15) is 12.3 Å². The Labute approximate surface area is 235 Å². The zero-order chi connectivity index (χ0) is 29.4. The largest absolute Gasteiger partial charge is 0.495 e. The highest BCUT2D eigenvalue weighted by Crippen LogP contribution is 2.13. The molecule has 1 aliphatic heterocycles. The fourth-order valence-corrected chi connectivity index (χ4v) is 3.80.